The molecule has 0 bridgehead atoms. The largest absolute Gasteiger partial charge is 0.507 e. The Kier molecular flexibility index (Phi) is 8.17. The van der Waals surface area contributed by atoms with E-state index in [0.29, 0.717) is 41.5 Å². The Morgan fingerprint density at radius 1 is 0.971 bits per heavy atom. The van der Waals surface area contributed by atoms with Gasteiger partial charge >= 0.3 is 0 Å². The molecule has 1 amide bonds. The summed E-state index contributed by atoms with van der Waals surface area (Å²) in [5.74, 6) is -0.403. The predicted molar refractivity (Wildman–Crippen MR) is 129 cm³/mol. The maximum absolute atomic E-state index is 13.2. The molecule has 1 fully saturated rings. The van der Waals surface area contributed by atoms with Gasteiger partial charge in [0.25, 0.3) is 11.7 Å². The maximum atomic E-state index is 13.2. The lowest BCUT2D eigenvalue weighted by Crippen LogP contribution is -2.38. The van der Waals surface area contributed by atoms with Crippen LogP contribution in [0.5, 0.6) is 17.2 Å². The number of aliphatic hydroxyl groups is 1. The molecule has 182 valence electrons. The van der Waals surface area contributed by atoms with Gasteiger partial charge in [-0.25, -0.2) is 0 Å². The van der Waals surface area contributed by atoms with Crippen LogP contribution in [0.15, 0.2) is 48.0 Å². The topological polar surface area (TPSA) is 88.5 Å². The van der Waals surface area contributed by atoms with Gasteiger partial charge in [-0.1, -0.05) is 44.2 Å². The zero-order valence-corrected chi connectivity index (χ0v) is 20.3. The molecule has 1 saturated heterocycles. The SMILES string of the molecule is CCN(CC)CCN1C(=O)C(=O)/C(=C(/O)c2ccccc2)C1c1cc(OC)c(OC)c(OC)c1. The quantitative estimate of drug-likeness (QED) is 0.324. The van der Waals surface area contributed by atoms with Crippen molar-refractivity contribution in [1.82, 2.24) is 9.80 Å². The van der Waals surface area contributed by atoms with Crippen LogP contribution in [-0.4, -0.2) is 74.1 Å². The van der Waals surface area contributed by atoms with Crippen molar-refractivity contribution in [2.24, 2.45) is 0 Å². The zero-order chi connectivity index (χ0) is 24.8. The van der Waals surface area contributed by atoms with E-state index in [2.05, 4.69) is 4.90 Å². The Balaban J connectivity index is 2.21. The van der Waals surface area contributed by atoms with Crippen molar-refractivity contribution in [1.29, 1.82) is 0 Å². The Bertz CT molecular complexity index is 1040. The fourth-order valence-corrected chi connectivity index (χ4v) is 4.26. The Morgan fingerprint density at radius 3 is 2.06 bits per heavy atom. The summed E-state index contributed by atoms with van der Waals surface area (Å²) in [4.78, 5) is 30.1. The normalized spacial score (nSPS) is 17.4. The zero-order valence-electron chi connectivity index (χ0n) is 20.3. The molecule has 34 heavy (non-hydrogen) atoms. The van der Waals surface area contributed by atoms with E-state index in [1.807, 2.05) is 19.9 Å². The van der Waals surface area contributed by atoms with Gasteiger partial charge in [0.1, 0.15) is 5.76 Å². The monoisotopic (exact) mass is 468 g/mol. The van der Waals surface area contributed by atoms with Crippen LogP contribution in [0, 0.1) is 0 Å². The molecular weight excluding hydrogens is 436 g/mol. The summed E-state index contributed by atoms with van der Waals surface area (Å²) in [6, 6.07) is 11.3. The van der Waals surface area contributed by atoms with E-state index in [4.69, 9.17) is 14.2 Å². The summed E-state index contributed by atoms with van der Waals surface area (Å²) < 4.78 is 16.4. The van der Waals surface area contributed by atoms with Crippen LogP contribution in [0.4, 0.5) is 0 Å². The highest BCUT2D eigenvalue weighted by molar-refractivity contribution is 6.46. The smallest absolute Gasteiger partial charge is 0.295 e. The third-order valence-corrected chi connectivity index (χ3v) is 6.14. The number of ether oxygens (including phenoxy) is 3. The molecule has 0 radical (unpaired) electrons. The van der Waals surface area contributed by atoms with E-state index in [1.54, 1.807) is 36.4 Å². The first-order valence-corrected chi connectivity index (χ1v) is 11.3. The minimum atomic E-state index is -0.815. The van der Waals surface area contributed by atoms with Crippen molar-refractivity contribution in [3.63, 3.8) is 0 Å². The Hall–Kier alpha value is -3.52. The second-order valence-electron chi connectivity index (χ2n) is 7.84. The first kappa shape index (κ1) is 25.1. The number of nitrogens with zero attached hydrogens (tertiary/aromatic N) is 2. The lowest BCUT2D eigenvalue weighted by atomic mass is 9.94. The summed E-state index contributed by atoms with van der Waals surface area (Å²) in [5, 5.41) is 11.2. The number of hydrogen-bond acceptors (Lipinski definition) is 7. The summed E-state index contributed by atoms with van der Waals surface area (Å²) in [5.41, 5.74) is 1.07. The highest BCUT2D eigenvalue weighted by Gasteiger charge is 2.46. The third-order valence-electron chi connectivity index (χ3n) is 6.14. The number of carbonyl (C=O) groups excluding carboxylic acids is 2. The number of rotatable bonds is 10. The Labute approximate surface area is 200 Å². The number of benzene rings is 2. The van der Waals surface area contributed by atoms with Crippen LogP contribution in [0.1, 0.15) is 31.0 Å². The van der Waals surface area contributed by atoms with Gasteiger partial charge in [-0.15, -0.1) is 0 Å². The molecule has 1 heterocycles. The number of carbonyl (C=O) groups is 2. The van der Waals surface area contributed by atoms with E-state index < -0.39 is 17.7 Å². The second-order valence-corrected chi connectivity index (χ2v) is 7.84. The van der Waals surface area contributed by atoms with E-state index in [-0.39, 0.29) is 11.3 Å². The number of Topliss-reactive ketones (excluding diaryl/α,β-unsaturated/α-hetero) is 1. The maximum Gasteiger partial charge on any atom is 0.295 e. The molecule has 2 aromatic rings. The standard InChI is InChI=1S/C26H32N2O6/c1-6-27(7-2)13-14-28-22(18-15-19(32-3)25(34-5)20(16-18)33-4)21(24(30)26(28)31)23(29)17-11-9-8-10-12-17/h8-12,15-16,22,29H,6-7,13-14H2,1-5H3/b23-21+. The fourth-order valence-electron chi connectivity index (χ4n) is 4.26. The van der Waals surface area contributed by atoms with Gasteiger partial charge in [0.05, 0.1) is 32.9 Å². The molecular formula is C26H32N2O6. The van der Waals surface area contributed by atoms with Crippen LogP contribution in [0.2, 0.25) is 0 Å². The van der Waals surface area contributed by atoms with Gasteiger partial charge in [0, 0.05) is 18.7 Å². The van der Waals surface area contributed by atoms with Gasteiger partial charge < -0.3 is 29.1 Å². The van der Waals surface area contributed by atoms with Crippen LogP contribution in [0.25, 0.3) is 5.76 Å². The predicted octanol–water partition coefficient (Wildman–Crippen LogP) is 3.48. The Morgan fingerprint density at radius 2 is 1.56 bits per heavy atom. The number of aliphatic hydroxyl groups excluding tert-OH is 1. The molecule has 1 aliphatic rings. The van der Waals surface area contributed by atoms with Crippen LogP contribution in [0.3, 0.4) is 0 Å². The van der Waals surface area contributed by atoms with E-state index >= 15 is 0 Å². The molecule has 0 spiro atoms. The van der Waals surface area contributed by atoms with Crippen LogP contribution in [-0.2, 0) is 9.59 Å². The van der Waals surface area contributed by atoms with Crippen molar-refractivity contribution in [2.45, 2.75) is 19.9 Å². The number of hydrogen-bond donors (Lipinski definition) is 1. The second kappa shape index (κ2) is 11.1. The summed E-state index contributed by atoms with van der Waals surface area (Å²) in [7, 11) is 4.51. The van der Waals surface area contributed by atoms with Gasteiger partial charge in [0.15, 0.2) is 11.5 Å². The van der Waals surface area contributed by atoms with E-state index in [1.165, 1.54) is 26.2 Å². The molecule has 0 aromatic heterocycles. The summed E-state index contributed by atoms with van der Waals surface area (Å²) in [6.07, 6.45) is 0. The van der Waals surface area contributed by atoms with Gasteiger partial charge in [-0.3, -0.25) is 9.59 Å². The highest BCUT2D eigenvalue weighted by Crippen LogP contribution is 2.45. The average Bonchev–Trinajstić information content (AvgIpc) is 3.13. The molecule has 1 unspecified atom stereocenters. The van der Waals surface area contributed by atoms with Gasteiger partial charge in [-0.2, -0.15) is 0 Å². The van der Waals surface area contributed by atoms with Crippen molar-refractivity contribution >= 4 is 17.4 Å². The number of ketones is 1. The molecule has 1 atom stereocenters. The van der Waals surface area contributed by atoms with Crippen LogP contribution >= 0.6 is 0 Å². The number of likely N-dealkylation sites (tertiary alicyclic amines) is 1. The molecule has 8 heteroatoms. The lowest BCUT2D eigenvalue weighted by Gasteiger charge is -2.29. The minimum absolute atomic E-state index is 0.0324. The average molecular weight is 469 g/mol. The first-order valence-electron chi connectivity index (χ1n) is 11.3. The molecule has 0 saturated carbocycles. The number of methoxy groups -OCH3 is 3. The van der Waals surface area contributed by atoms with Crippen LogP contribution < -0.4 is 14.2 Å². The first-order chi connectivity index (χ1) is 16.4. The lowest BCUT2D eigenvalue weighted by molar-refractivity contribution is -0.140. The molecule has 8 nitrogen and oxygen atoms in total. The van der Waals surface area contributed by atoms with Crippen molar-refractivity contribution in [3.05, 3.63) is 59.2 Å². The van der Waals surface area contributed by atoms with Crippen molar-refractivity contribution in [2.75, 3.05) is 47.5 Å². The van der Waals surface area contributed by atoms with Gasteiger partial charge in [0.2, 0.25) is 5.75 Å². The van der Waals surface area contributed by atoms with Crippen molar-refractivity contribution < 1.29 is 28.9 Å². The number of amides is 1. The fraction of sp³-hybridized carbons (Fsp3) is 0.385. The van der Waals surface area contributed by atoms with Gasteiger partial charge in [-0.05, 0) is 30.8 Å². The van der Waals surface area contributed by atoms with E-state index in [0.717, 1.165) is 13.1 Å². The summed E-state index contributed by atoms with van der Waals surface area (Å²) >= 11 is 0. The van der Waals surface area contributed by atoms with Crippen molar-refractivity contribution in [3.8, 4) is 17.2 Å². The van der Waals surface area contributed by atoms with E-state index in [9.17, 15) is 14.7 Å². The molecule has 0 aliphatic carbocycles. The minimum Gasteiger partial charge on any atom is -0.507 e. The molecule has 2 aromatic carbocycles. The summed E-state index contributed by atoms with van der Waals surface area (Å²) in [6.45, 7) is 6.64. The third kappa shape index (κ3) is 4.72. The molecule has 3 rings (SSSR count). The highest BCUT2D eigenvalue weighted by atomic mass is 16.5. The molecule has 1 aliphatic heterocycles. The number of likely N-dealkylation sites (N-methyl/N-ethyl adjacent to an activating group) is 1. The molecule has 1 N–H and O–H groups in total.